The van der Waals surface area contributed by atoms with Crippen LogP contribution in [0.15, 0.2) is 121 Å². The maximum Gasteiger partial charge on any atom is 0.335 e. The molecule has 2 aliphatic heterocycles. The van der Waals surface area contributed by atoms with Crippen LogP contribution in [-0.2, 0) is 17.1 Å². The predicted molar refractivity (Wildman–Crippen MR) is 228 cm³/mol. The zero-order valence-corrected chi connectivity index (χ0v) is 32.6. The molecule has 3 aromatic heterocycles. The van der Waals surface area contributed by atoms with Crippen molar-refractivity contribution >= 4 is 70.2 Å². The molecular weight excluding hydrogens is 816 g/mol. The number of hydrogen-bond donors (Lipinski definition) is 6. The molecule has 9 rings (SSSR count). The minimum absolute atomic E-state index is 0. The Morgan fingerprint density at radius 1 is 0.361 bits per heavy atom. The van der Waals surface area contributed by atoms with Crippen molar-refractivity contribution < 1.29 is 56.7 Å². The molecule has 5 heterocycles. The largest absolute Gasteiger partial charge is 0.478 e. The maximum atomic E-state index is 12.3. The number of fused-ring (bicyclic) bond motifs is 8. The molecule has 298 valence electrons. The van der Waals surface area contributed by atoms with Gasteiger partial charge in [-0.1, -0.05) is 60.7 Å². The quantitative estimate of drug-likeness (QED) is 0.0798. The number of aromatic amines is 2. The van der Waals surface area contributed by atoms with Gasteiger partial charge in [-0.2, -0.15) is 0 Å². The summed E-state index contributed by atoms with van der Waals surface area (Å²) >= 11 is 0. The molecule has 0 aliphatic carbocycles. The van der Waals surface area contributed by atoms with Crippen LogP contribution in [0.3, 0.4) is 0 Å². The second kappa shape index (κ2) is 15.9. The molecular formula is C48H30FeN4O8. The smallest absolute Gasteiger partial charge is 0.335 e. The zero-order valence-electron chi connectivity index (χ0n) is 31.5. The summed E-state index contributed by atoms with van der Waals surface area (Å²) in [6, 6.07) is 34.3. The first kappa shape index (κ1) is 39.7. The SMILES string of the molecule is O=C(O)c1cc(C(=O)O)cc(-c2c3nc(c(-c4ccccc4)c4ccc([nH]4)c(-c4cc(C(=O)O)cc(C(=O)O)c4)c4nc(c(-c5ccccc5)c5ccc2[nH]5)C=C4)C=C3)c1.[Fe]. The van der Waals surface area contributed by atoms with Crippen molar-refractivity contribution in [1.82, 2.24) is 19.9 Å². The van der Waals surface area contributed by atoms with Crippen LogP contribution in [-0.4, -0.2) is 64.2 Å². The molecule has 13 heteroatoms. The summed E-state index contributed by atoms with van der Waals surface area (Å²) in [4.78, 5) is 66.6. The number of carbonyl (C=O) groups is 4. The van der Waals surface area contributed by atoms with Crippen LogP contribution in [0, 0.1) is 0 Å². The Kier molecular flexibility index (Phi) is 10.4. The first-order chi connectivity index (χ1) is 29.0. The van der Waals surface area contributed by atoms with Crippen LogP contribution in [0.4, 0.5) is 0 Å². The van der Waals surface area contributed by atoms with Crippen LogP contribution >= 0.6 is 0 Å². The van der Waals surface area contributed by atoms with Gasteiger partial charge in [-0.05, 0) is 107 Å². The third-order valence-corrected chi connectivity index (χ3v) is 10.3. The fourth-order valence-corrected chi connectivity index (χ4v) is 7.67. The molecule has 0 fully saturated rings. The van der Waals surface area contributed by atoms with E-state index in [1.54, 1.807) is 12.2 Å². The number of benzene rings is 4. The number of carboxylic acid groups (broad SMARTS) is 4. The van der Waals surface area contributed by atoms with E-state index in [0.29, 0.717) is 78.2 Å². The van der Waals surface area contributed by atoms with Crippen molar-refractivity contribution in [2.75, 3.05) is 0 Å². The molecule has 0 saturated heterocycles. The molecule has 0 radical (unpaired) electrons. The molecule has 7 aromatic rings. The Hall–Kier alpha value is -8.12. The minimum Gasteiger partial charge on any atom is -0.478 e. The van der Waals surface area contributed by atoms with Gasteiger partial charge in [-0.3, -0.25) is 0 Å². The van der Waals surface area contributed by atoms with Crippen LogP contribution in [0.25, 0.3) is 90.9 Å². The van der Waals surface area contributed by atoms with Crippen molar-refractivity contribution in [3.63, 3.8) is 0 Å². The van der Waals surface area contributed by atoms with Gasteiger partial charge >= 0.3 is 23.9 Å². The number of aromatic nitrogens is 4. The summed E-state index contributed by atoms with van der Waals surface area (Å²) in [5.41, 5.74) is 7.83. The predicted octanol–water partition coefficient (Wildman–Crippen LogP) is 10.1. The molecule has 8 bridgehead atoms. The van der Waals surface area contributed by atoms with E-state index in [-0.39, 0.29) is 39.3 Å². The van der Waals surface area contributed by atoms with E-state index in [1.165, 1.54) is 24.3 Å². The maximum absolute atomic E-state index is 12.3. The minimum atomic E-state index is -1.29. The molecule has 12 nitrogen and oxygen atoms in total. The monoisotopic (exact) mass is 846 g/mol. The molecule has 0 atom stereocenters. The van der Waals surface area contributed by atoms with Gasteiger partial charge in [-0.25, -0.2) is 29.1 Å². The second-order valence-corrected chi connectivity index (χ2v) is 14.1. The van der Waals surface area contributed by atoms with E-state index in [9.17, 15) is 39.6 Å². The van der Waals surface area contributed by atoms with Crippen molar-refractivity contribution in [1.29, 1.82) is 0 Å². The van der Waals surface area contributed by atoms with Crippen LogP contribution in [0.1, 0.15) is 64.2 Å². The van der Waals surface area contributed by atoms with Gasteiger partial charge in [0.05, 0.1) is 45.0 Å². The summed E-state index contributed by atoms with van der Waals surface area (Å²) in [6.07, 6.45) is 7.23. The number of aromatic carboxylic acids is 4. The fraction of sp³-hybridized carbons (Fsp3) is 0. The van der Waals surface area contributed by atoms with E-state index >= 15 is 0 Å². The molecule has 4 aromatic carbocycles. The van der Waals surface area contributed by atoms with Gasteiger partial charge in [0.2, 0.25) is 0 Å². The summed E-state index contributed by atoms with van der Waals surface area (Å²) in [5, 5.41) is 40.2. The Morgan fingerprint density at radius 2 is 0.623 bits per heavy atom. The summed E-state index contributed by atoms with van der Waals surface area (Å²) in [7, 11) is 0. The normalized spacial score (nSPS) is 11.5. The number of H-pyrrole nitrogens is 2. The van der Waals surface area contributed by atoms with Crippen molar-refractivity contribution in [3.05, 3.63) is 166 Å². The second-order valence-electron chi connectivity index (χ2n) is 14.1. The van der Waals surface area contributed by atoms with E-state index in [1.807, 2.05) is 97.1 Å². The van der Waals surface area contributed by atoms with Gasteiger partial charge in [0.25, 0.3) is 0 Å². The summed E-state index contributed by atoms with van der Waals surface area (Å²) in [6.45, 7) is 0. The standard InChI is InChI=1S/C48H30N4O8.Fe/c53-45(54)29-19-27(20-30(23-29)46(55)56)43-37-15-11-33(49-37)41(25-7-3-1-4-8-25)34-12-16-38(50-34)44(28-21-31(47(57)58)24-32(22-28)48(59)60)40-18-14-36(52-40)42(26-9-5-2-6-10-26)35-13-17-39(43)51-35;/h1-24,49,52H,(H,53,54)(H,55,56)(H,57,58)(H,59,60);. The van der Waals surface area contributed by atoms with Crippen LogP contribution in [0.5, 0.6) is 0 Å². The molecule has 2 aliphatic rings. The molecule has 0 unspecified atom stereocenters. The van der Waals surface area contributed by atoms with E-state index in [2.05, 4.69) is 9.97 Å². The third kappa shape index (κ3) is 7.42. The Labute approximate surface area is 356 Å². The zero-order chi connectivity index (χ0) is 41.7. The first-order valence-corrected chi connectivity index (χ1v) is 18.5. The number of nitrogens with zero attached hydrogens (tertiary/aromatic N) is 2. The Balaban J connectivity index is 0.00000514. The Morgan fingerprint density at radius 3 is 0.885 bits per heavy atom. The molecule has 0 saturated carbocycles. The number of nitrogens with one attached hydrogen (secondary N) is 2. The summed E-state index contributed by atoms with van der Waals surface area (Å²) in [5.74, 6) is -5.16. The molecule has 0 amide bonds. The third-order valence-electron chi connectivity index (χ3n) is 10.3. The number of carboxylic acids is 4. The molecule has 61 heavy (non-hydrogen) atoms. The summed E-state index contributed by atoms with van der Waals surface area (Å²) < 4.78 is 0. The van der Waals surface area contributed by atoms with Gasteiger partial charge < -0.3 is 30.4 Å². The average molecular weight is 847 g/mol. The number of rotatable bonds is 8. The van der Waals surface area contributed by atoms with E-state index < -0.39 is 23.9 Å². The van der Waals surface area contributed by atoms with Crippen LogP contribution < -0.4 is 0 Å². The van der Waals surface area contributed by atoms with Crippen molar-refractivity contribution in [2.45, 2.75) is 0 Å². The van der Waals surface area contributed by atoms with Crippen molar-refractivity contribution in [3.8, 4) is 44.5 Å². The van der Waals surface area contributed by atoms with Crippen molar-refractivity contribution in [2.24, 2.45) is 0 Å². The topological polar surface area (TPSA) is 207 Å². The fourth-order valence-electron chi connectivity index (χ4n) is 7.67. The number of hydrogen-bond acceptors (Lipinski definition) is 6. The van der Waals surface area contributed by atoms with E-state index in [4.69, 9.17) is 9.97 Å². The van der Waals surface area contributed by atoms with E-state index in [0.717, 1.165) is 23.3 Å². The Bertz CT molecular complexity index is 2940. The van der Waals surface area contributed by atoms with Gasteiger partial charge in [0, 0.05) is 61.4 Å². The van der Waals surface area contributed by atoms with Gasteiger partial charge in [0.1, 0.15) is 0 Å². The molecule has 0 spiro atoms. The first-order valence-electron chi connectivity index (χ1n) is 18.5. The average Bonchev–Trinajstić information content (AvgIpc) is 4.09. The van der Waals surface area contributed by atoms with Gasteiger partial charge in [0.15, 0.2) is 0 Å². The van der Waals surface area contributed by atoms with Crippen LogP contribution in [0.2, 0.25) is 0 Å². The van der Waals surface area contributed by atoms with Gasteiger partial charge in [-0.15, -0.1) is 0 Å². The molecule has 6 N–H and O–H groups in total.